The summed E-state index contributed by atoms with van der Waals surface area (Å²) >= 11 is 1.28. The maximum atomic E-state index is 12.8. The lowest BCUT2D eigenvalue weighted by Gasteiger charge is -2.19. The monoisotopic (exact) mass is 409 g/mol. The van der Waals surface area contributed by atoms with E-state index in [1.165, 1.54) is 17.3 Å². The van der Waals surface area contributed by atoms with Gasteiger partial charge in [0.25, 0.3) is 5.56 Å². The average molecular weight is 410 g/mol. The molecule has 5 nitrogen and oxygen atoms in total. The summed E-state index contributed by atoms with van der Waals surface area (Å²) in [5.41, 5.74) is 2.62. The first-order valence-electron chi connectivity index (χ1n) is 9.71. The average Bonchev–Trinajstić information content (AvgIpc) is 2.66. The van der Waals surface area contributed by atoms with Crippen molar-refractivity contribution in [3.8, 4) is 0 Å². The molecule has 2 aromatic carbocycles. The van der Waals surface area contributed by atoms with Crippen LogP contribution in [0.1, 0.15) is 46.2 Å². The predicted octanol–water partition coefficient (Wildman–Crippen LogP) is 5.01. The number of nitrogens with one attached hydrogen (secondary N) is 1. The number of rotatable bonds is 5. The molecule has 1 aromatic heterocycles. The zero-order chi connectivity index (χ0) is 21.2. The quantitative estimate of drug-likeness (QED) is 0.475. The lowest BCUT2D eigenvalue weighted by molar-refractivity contribution is -0.113. The molecule has 29 heavy (non-hydrogen) atoms. The molecule has 0 saturated heterocycles. The minimum absolute atomic E-state index is 0.0462. The molecule has 0 radical (unpaired) electrons. The molecule has 0 atom stereocenters. The van der Waals surface area contributed by atoms with E-state index in [0.717, 1.165) is 5.69 Å². The van der Waals surface area contributed by atoms with E-state index in [4.69, 9.17) is 0 Å². The molecule has 1 N–H and O–H groups in total. The Labute approximate surface area is 175 Å². The van der Waals surface area contributed by atoms with Crippen LogP contribution in [-0.2, 0) is 10.2 Å². The molecular formula is C23H27N3O2S. The van der Waals surface area contributed by atoms with Crippen LogP contribution in [0.2, 0.25) is 0 Å². The summed E-state index contributed by atoms with van der Waals surface area (Å²) in [6.07, 6.45) is 0. The second-order valence-electron chi connectivity index (χ2n) is 8.34. The van der Waals surface area contributed by atoms with Gasteiger partial charge in [-0.2, -0.15) is 0 Å². The Hall–Kier alpha value is -2.60. The second kappa shape index (κ2) is 8.41. The van der Waals surface area contributed by atoms with Gasteiger partial charge in [0.15, 0.2) is 5.16 Å². The topological polar surface area (TPSA) is 64.0 Å². The van der Waals surface area contributed by atoms with E-state index >= 15 is 0 Å². The highest BCUT2D eigenvalue weighted by Gasteiger charge is 2.16. The van der Waals surface area contributed by atoms with Crippen LogP contribution in [-0.4, -0.2) is 21.2 Å². The summed E-state index contributed by atoms with van der Waals surface area (Å²) in [6.45, 7) is 10.4. The van der Waals surface area contributed by atoms with Crippen LogP contribution >= 0.6 is 11.8 Å². The van der Waals surface area contributed by atoms with Gasteiger partial charge in [0.05, 0.1) is 16.7 Å². The van der Waals surface area contributed by atoms with E-state index in [1.54, 1.807) is 10.6 Å². The highest BCUT2D eigenvalue weighted by atomic mass is 32.2. The summed E-state index contributed by atoms with van der Waals surface area (Å²) in [5, 5.41) is 4.07. The zero-order valence-electron chi connectivity index (χ0n) is 17.5. The van der Waals surface area contributed by atoms with Crippen LogP contribution in [0.5, 0.6) is 0 Å². The molecule has 3 aromatic rings. The van der Waals surface area contributed by atoms with Crippen LogP contribution in [0.4, 0.5) is 5.69 Å². The van der Waals surface area contributed by atoms with Gasteiger partial charge < -0.3 is 5.32 Å². The number of carbonyl (C=O) groups excluding carboxylic acids is 1. The molecule has 1 heterocycles. The van der Waals surface area contributed by atoms with Gasteiger partial charge in [-0.25, -0.2) is 4.98 Å². The molecule has 1 amide bonds. The van der Waals surface area contributed by atoms with Gasteiger partial charge in [0, 0.05) is 11.7 Å². The number of hydrogen-bond donors (Lipinski definition) is 1. The molecule has 3 rings (SSSR count). The summed E-state index contributed by atoms with van der Waals surface area (Å²) in [7, 11) is 0. The number of benzene rings is 2. The first-order chi connectivity index (χ1) is 13.7. The largest absolute Gasteiger partial charge is 0.325 e. The maximum Gasteiger partial charge on any atom is 0.262 e. The Kier molecular flexibility index (Phi) is 6.13. The molecule has 0 unspecified atom stereocenters. The van der Waals surface area contributed by atoms with Crippen LogP contribution < -0.4 is 10.9 Å². The molecule has 0 spiro atoms. The fourth-order valence-corrected chi connectivity index (χ4v) is 3.99. The number of carbonyl (C=O) groups is 1. The highest BCUT2D eigenvalue weighted by molar-refractivity contribution is 7.99. The number of nitrogens with zero attached hydrogens (tertiary/aromatic N) is 2. The third-order valence-electron chi connectivity index (χ3n) is 4.66. The Balaban J connectivity index is 1.75. The Bertz CT molecular complexity index is 1080. The first-order valence-corrected chi connectivity index (χ1v) is 10.7. The SMILES string of the molecule is CC(C)n1c(SCC(=O)Nc2ccc(C(C)(C)C)cc2)nc2ccccc2c1=O. The number of aromatic nitrogens is 2. The van der Waals surface area contributed by atoms with Crippen LogP contribution in [0.15, 0.2) is 58.5 Å². The lowest BCUT2D eigenvalue weighted by atomic mass is 9.87. The van der Waals surface area contributed by atoms with Gasteiger partial charge >= 0.3 is 0 Å². The number of amides is 1. The van der Waals surface area contributed by atoms with Crippen molar-refractivity contribution in [1.29, 1.82) is 0 Å². The standard InChI is InChI=1S/C23H27N3O2S/c1-15(2)26-21(28)18-8-6-7-9-19(18)25-22(26)29-14-20(27)24-17-12-10-16(11-13-17)23(3,4)5/h6-13,15H,14H2,1-5H3,(H,24,27). The number of anilines is 1. The zero-order valence-corrected chi connectivity index (χ0v) is 18.3. The number of thioether (sulfide) groups is 1. The molecule has 0 fully saturated rings. The summed E-state index contributed by atoms with van der Waals surface area (Å²) < 4.78 is 1.65. The normalized spacial score (nSPS) is 11.8. The minimum atomic E-state index is -0.128. The van der Waals surface area contributed by atoms with Crippen molar-refractivity contribution in [1.82, 2.24) is 9.55 Å². The van der Waals surface area contributed by atoms with E-state index in [9.17, 15) is 9.59 Å². The molecule has 0 aliphatic heterocycles. The molecule has 152 valence electrons. The summed E-state index contributed by atoms with van der Waals surface area (Å²) in [6, 6.07) is 15.2. The van der Waals surface area contributed by atoms with Crippen LogP contribution in [0.25, 0.3) is 10.9 Å². The molecule has 0 bridgehead atoms. The van der Waals surface area contributed by atoms with E-state index in [0.29, 0.717) is 16.1 Å². The van der Waals surface area contributed by atoms with Gasteiger partial charge in [-0.3, -0.25) is 14.2 Å². The van der Waals surface area contributed by atoms with Crippen molar-refractivity contribution in [2.24, 2.45) is 0 Å². The predicted molar refractivity (Wildman–Crippen MR) is 121 cm³/mol. The third kappa shape index (κ3) is 4.88. The Morgan fingerprint density at radius 2 is 1.76 bits per heavy atom. The minimum Gasteiger partial charge on any atom is -0.325 e. The van der Waals surface area contributed by atoms with Crippen molar-refractivity contribution >= 4 is 34.3 Å². The van der Waals surface area contributed by atoms with Gasteiger partial charge in [-0.1, -0.05) is 56.8 Å². The smallest absolute Gasteiger partial charge is 0.262 e. The Morgan fingerprint density at radius 3 is 2.38 bits per heavy atom. The molecule has 6 heteroatoms. The van der Waals surface area contributed by atoms with E-state index in [1.807, 2.05) is 56.3 Å². The second-order valence-corrected chi connectivity index (χ2v) is 9.29. The third-order valence-corrected chi connectivity index (χ3v) is 5.61. The van der Waals surface area contributed by atoms with Crippen molar-refractivity contribution in [3.63, 3.8) is 0 Å². The number of para-hydroxylation sites is 1. The van der Waals surface area contributed by atoms with Gasteiger partial charge in [-0.05, 0) is 49.1 Å². The molecule has 0 aliphatic rings. The lowest BCUT2D eigenvalue weighted by Crippen LogP contribution is -2.25. The molecular weight excluding hydrogens is 382 g/mol. The summed E-state index contributed by atoms with van der Waals surface area (Å²) in [4.78, 5) is 29.9. The van der Waals surface area contributed by atoms with Crippen molar-refractivity contribution in [2.45, 2.75) is 51.2 Å². The van der Waals surface area contributed by atoms with Crippen molar-refractivity contribution in [3.05, 3.63) is 64.4 Å². The maximum absolute atomic E-state index is 12.8. The Morgan fingerprint density at radius 1 is 1.10 bits per heavy atom. The van der Waals surface area contributed by atoms with Crippen LogP contribution in [0.3, 0.4) is 0 Å². The molecule has 0 aliphatic carbocycles. The summed E-state index contributed by atoms with van der Waals surface area (Å²) in [5.74, 6) is 0.0506. The van der Waals surface area contributed by atoms with Crippen molar-refractivity contribution in [2.75, 3.05) is 11.1 Å². The number of hydrogen-bond acceptors (Lipinski definition) is 4. The van der Waals surface area contributed by atoms with Gasteiger partial charge in [-0.15, -0.1) is 0 Å². The van der Waals surface area contributed by atoms with E-state index < -0.39 is 0 Å². The molecule has 0 saturated carbocycles. The van der Waals surface area contributed by atoms with Crippen LogP contribution in [0, 0.1) is 0 Å². The fraction of sp³-hybridized carbons (Fsp3) is 0.348. The van der Waals surface area contributed by atoms with Crippen molar-refractivity contribution < 1.29 is 4.79 Å². The van der Waals surface area contributed by atoms with E-state index in [-0.39, 0.29) is 28.7 Å². The first kappa shape index (κ1) is 21.1. The number of fused-ring (bicyclic) bond motifs is 1. The highest BCUT2D eigenvalue weighted by Crippen LogP contribution is 2.24. The van der Waals surface area contributed by atoms with Gasteiger partial charge in [0.2, 0.25) is 5.91 Å². The fourth-order valence-electron chi connectivity index (χ4n) is 3.06. The van der Waals surface area contributed by atoms with E-state index in [2.05, 4.69) is 31.1 Å². The van der Waals surface area contributed by atoms with Gasteiger partial charge in [0.1, 0.15) is 0 Å².